The molecule has 0 amide bonds. The Hall–Kier alpha value is -0.610. The summed E-state index contributed by atoms with van der Waals surface area (Å²) in [5.41, 5.74) is 0.862. The van der Waals surface area contributed by atoms with Gasteiger partial charge in [0, 0.05) is 11.6 Å². The molecule has 0 N–H and O–H groups in total. The smallest absolute Gasteiger partial charge is 0.166 e. The van der Waals surface area contributed by atoms with Crippen LogP contribution in [0, 0.1) is 5.82 Å². The van der Waals surface area contributed by atoms with E-state index in [0.29, 0.717) is 11.1 Å². The van der Waals surface area contributed by atoms with Gasteiger partial charge in [0.2, 0.25) is 0 Å². The fraction of sp³-hybridized carbons (Fsp3) is 0.333. The van der Waals surface area contributed by atoms with Gasteiger partial charge in [0.05, 0.1) is 13.7 Å². The van der Waals surface area contributed by atoms with Gasteiger partial charge in [0.1, 0.15) is 0 Å². The zero-order chi connectivity index (χ0) is 9.84. The van der Waals surface area contributed by atoms with Crippen molar-refractivity contribution in [2.24, 2.45) is 0 Å². The number of ether oxygens (including phenoxy) is 2. The molecule has 0 atom stereocenters. The second-order valence-corrected chi connectivity index (χ2v) is 3.37. The van der Waals surface area contributed by atoms with Crippen LogP contribution < -0.4 is 4.74 Å². The maximum absolute atomic E-state index is 13.1. The van der Waals surface area contributed by atoms with Crippen molar-refractivity contribution in [3.8, 4) is 5.75 Å². The van der Waals surface area contributed by atoms with Gasteiger partial charge in [0.25, 0.3) is 0 Å². The molecule has 0 bridgehead atoms. The zero-order valence-corrected chi connectivity index (χ0v) is 9.02. The Morgan fingerprint density at radius 2 is 2.08 bits per heavy atom. The Morgan fingerprint density at radius 1 is 1.38 bits per heavy atom. The van der Waals surface area contributed by atoms with Crippen molar-refractivity contribution in [3.05, 3.63) is 28.0 Å². The third-order valence-corrected chi connectivity index (χ3v) is 2.36. The van der Waals surface area contributed by atoms with E-state index >= 15 is 0 Å². The molecule has 1 rings (SSSR count). The first-order valence-electron chi connectivity index (χ1n) is 3.70. The molecular formula is C9H10BrFO2. The first kappa shape index (κ1) is 10.5. The molecule has 72 valence electrons. The maximum atomic E-state index is 13.1. The summed E-state index contributed by atoms with van der Waals surface area (Å²) in [5.74, 6) is -0.149. The van der Waals surface area contributed by atoms with Crippen LogP contribution in [-0.4, -0.2) is 14.2 Å². The highest BCUT2D eigenvalue weighted by Gasteiger charge is 2.07. The van der Waals surface area contributed by atoms with E-state index in [1.54, 1.807) is 13.2 Å². The summed E-state index contributed by atoms with van der Waals surface area (Å²) < 4.78 is 23.5. The van der Waals surface area contributed by atoms with Gasteiger partial charge in [-0.05, 0) is 17.7 Å². The summed E-state index contributed by atoms with van der Waals surface area (Å²) in [7, 11) is 3.02. The van der Waals surface area contributed by atoms with Crippen LogP contribution in [-0.2, 0) is 11.3 Å². The summed E-state index contributed by atoms with van der Waals surface area (Å²) in [6.07, 6.45) is 0. The highest BCUT2D eigenvalue weighted by molar-refractivity contribution is 9.10. The molecule has 0 aliphatic rings. The molecule has 0 saturated heterocycles. The summed E-state index contributed by atoms with van der Waals surface area (Å²) in [4.78, 5) is 0. The van der Waals surface area contributed by atoms with E-state index in [1.165, 1.54) is 13.2 Å². The monoisotopic (exact) mass is 248 g/mol. The fourth-order valence-corrected chi connectivity index (χ4v) is 1.42. The van der Waals surface area contributed by atoms with Crippen molar-refractivity contribution in [3.63, 3.8) is 0 Å². The number of benzene rings is 1. The highest BCUT2D eigenvalue weighted by Crippen LogP contribution is 2.26. The maximum Gasteiger partial charge on any atom is 0.166 e. The van der Waals surface area contributed by atoms with E-state index in [9.17, 15) is 4.39 Å². The molecule has 0 spiro atoms. The van der Waals surface area contributed by atoms with Gasteiger partial charge in [0.15, 0.2) is 11.6 Å². The lowest BCUT2D eigenvalue weighted by Crippen LogP contribution is -1.94. The number of hydrogen-bond donors (Lipinski definition) is 0. The Balaban J connectivity index is 3.06. The van der Waals surface area contributed by atoms with Crippen LogP contribution in [0.1, 0.15) is 5.56 Å². The SMILES string of the molecule is COCc1cc(OC)c(F)cc1Br. The van der Waals surface area contributed by atoms with Gasteiger partial charge in [-0.2, -0.15) is 0 Å². The summed E-state index contributed by atoms with van der Waals surface area (Å²) in [6, 6.07) is 2.98. The van der Waals surface area contributed by atoms with Crippen molar-refractivity contribution < 1.29 is 13.9 Å². The average molecular weight is 249 g/mol. The molecule has 0 saturated carbocycles. The predicted molar refractivity (Wildman–Crippen MR) is 51.4 cm³/mol. The van der Waals surface area contributed by atoms with E-state index in [0.717, 1.165) is 5.56 Å². The Kier molecular flexibility index (Phi) is 3.69. The van der Waals surface area contributed by atoms with Crippen LogP contribution in [0.2, 0.25) is 0 Å². The van der Waals surface area contributed by atoms with E-state index in [-0.39, 0.29) is 11.6 Å². The molecule has 0 unspecified atom stereocenters. The molecule has 0 heterocycles. The largest absolute Gasteiger partial charge is 0.494 e. The number of hydrogen-bond acceptors (Lipinski definition) is 2. The fourth-order valence-electron chi connectivity index (χ4n) is 0.994. The molecule has 0 radical (unpaired) electrons. The third-order valence-electron chi connectivity index (χ3n) is 1.62. The summed E-state index contributed by atoms with van der Waals surface area (Å²) >= 11 is 3.24. The average Bonchev–Trinajstić information content (AvgIpc) is 2.10. The van der Waals surface area contributed by atoms with Crippen LogP contribution in [0.25, 0.3) is 0 Å². The minimum atomic E-state index is -0.380. The first-order chi connectivity index (χ1) is 6.19. The van der Waals surface area contributed by atoms with E-state index in [2.05, 4.69) is 15.9 Å². The van der Waals surface area contributed by atoms with Crippen LogP contribution in [0.4, 0.5) is 4.39 Å². The van der Waals surface area contributed by atoms with Gasteiger partial charge < -0.3 is 9.47 Å². The molecule has 13 heavy (non-hydrogen) atoms. The Morgan fingerprint density at radius 3 is 2.62 bits per heavy atom. The molecule has 1 aromatic rings. The van der Waals surface area contributed by atoms with E-state index < -0.39 is 0 Å². The zero-order valence-electron chi connectivity index (χ0n) is 7.43. The van der Waals surface area contributed by atoms with Gasteiger partial charge >= 0.3 is 0 Å². The van der Waals surface area contributed by atoms with Crippen molar-refractivity contribution in [1.82, 2.24) is 0 Å². The number of methoxy groups -OCH3 is 2. The van der Waals surface area contributed by atoms with Gasteiger partial charge in [-0.15, -0.1) is 0 Å². The van der Waals surface area contributed by atoms with Gasteiger partial charge in [-0.25, -0.2) is 4.39 Å². The molecular weight excluding hydrogens is 239 g/mol. The number of rotatable bonds is 3. The van der Waals surface area contributed by atoms with Gasteiger partial charge in [-0.1, -0.05) is 15.9 Å². The second kappa shape index (κ2) is 4.58. The molecule has 1 aromatic carbocycles. The minimum absolute atomic E-state index is 0.232. The van der Waals surface area contributed by atoms with Crippen molar-refractivity contribution in [2.45, 2.75) is 6.61 Å². The van der Waals surface area contributed by atoms with Crippen LogP contribution in [0.15, 0.2) is 16.6 Å². The topological polar surface area (TPSA) is 18.5 Å². The molecule has 0 aromatic heterocycles. The summed E-state index contributed by atoms with van der Waals surface area (Å²) in [6.45, 7) is 0.428. The lowest BCUT2D eigenvalue weighted by atomic mass is 10.2. The Labute approximate surface area is 84.8 Å². The highest BCUT2D eigenvalue weighted by atomic mass is 79.9. The molecule has 2 nitrogen and oxygen atoms in total. The molecule has 4 heteroatoms. The van der Waals surface area contributed by atoms with Crippen molar-refractivity contribution in [1.29, 1.82) is 0 Å². The van der Waals surface area contributed by atoms with E-state index in [4.69, 9.17) is 9.47 Å². The third kappa shape index (κ3) is 2.42. The molecule has 0 aliphatic heterocycles. The molecule has 0 aliphatic carbocycles. The van der Waals surface area contributed by atoms with Crippen LogP contribution in [0.5, 0.6) is 5.75 Å². The molecule has 0 fully saturated rings. The quantitative estimate of drug-likeness (QED) is 0.819. The van der Waals surface area contributed by atoms with Gasteiger partial charge in [-0.3, -0.25) is 0 Å². The predicted octanol–water partition coefficient (Wildman–Crippen LogP) is 2.74. The van der Waals surface area contributed by atoms with Crippen molar-refractivity contribution >= 4 is 15.9 Å². The number of halogens is 2. The van der Waals surface area contributed by atoms with Crippen molar-refractivity contribution in [2.75, 3.05) is 14.2 Å². The second-order valence-electron chi connectivity index (χ2n) is 2.51. The first-order valence-corrected chi connectivity index (χ1v) is 4.49. The standard InChI is InChI=1S/C9H10BrFO2/c1-12-5-6-3-9(13-2)8(11)4-7(6)10/h3-4H,5H2,1-2H3. The minimum Gasteiger partial charge on any atom is -0.494 e. The normalized spacial score (nSPS) is 10.2. The lowest BCUT2D eigenvalue weighted by Gasteiger charge is -2.07. The Bertz CT molecular complexity index is 302. The lowest BCUT2D eigenvalue weighted by molar-refractivity contribution is 0.184. The van der Waals surface area contributed by atoms with Crippen LogP contribution in [0.3, 0.4) is 0 Å². The summed E-state index contributed by atoms with van der Waals surface area (Å²) in [5, 5.41) is 0. The van der Waals surface area contributed by atoms with E-state index in [1.807, 2.05) is 0 Å². The van der Waals surface area contributed by atoms with Crippen LogP contribution >= 0.6 is 15.9 Å².